The first-order chi connectivity index (χ1) is 12.4. The Labute approximate surface area is 157 Å². The number of carbonyl (C=O) groups excluding carboxylic acids is 1. The summed E-state index contributed by atoms with van der Waals surface area (Å²) >= 11 is 0. The number of hydrogen-bond acceptors (Lipinski definition) is 4. The quantitative estimate of drug-likeness (QED) is 0.847. The second kappa shape index (κ2) is 7.65. The van der Waals surface area contributed by atoms with Crippen LogP contribution in [-0.2, 0) is 10.3 Å². The molecule has 26 heavy (non-hydrogen) atoms. The fourth-order valence-corrected chi connectivity index (χ4v) is 5.26. The summed E-state index contributed by atoms with van der Waals surface area (Å²) in [6.07, 6.45) is 7.76. The summed E-state index contributed by atoms with van der Waals surface area (Å²) in [6, 6.07) is 4.53. The van der Waals surface area contributed by atoms with Gasteiger partial charge >= 0.3 is 0 Å². The van der Waals surface area contributed by atoms with Crippen molar-refractivity contribution in [1.82, 2.24) is 9.88 Å². The van der Waals surface area contributed by atoms with Gasteiger partial charge in [-0.05, 0) is 62.3 Å². The van der Waals surface area contributed by atoms with Crippen molar-refractivity contribution in [3.05, 3.63) is 29.6 Å². The van der Waals surface area contributed by atoms with Gasteiger partial charge in [-0.3, -0.25) is 9.78 Å². The SMILES string of the molecule is COC1(c2ccnc(C(N)=O)c2)C(C)CCCC1CN(C)C1CC(C)C1. The number of primary amides is 1. The fourth-order valence-electron chi connectivity index (χ4n) is 5.26. The van der Waals surface area contributed by atoms with E-state index in [1.54, 1.807) is 6.20 Å². The summed E-state index contributed by atoms with van der Waals surface area (Å²) in [6.45, 7) is 5.62. The molecule has 2 saturated carbocycles. The third kappa shape index (κ3) is 3.39. The maximum atomic E-state index is 11.6. The average Bonchev–Trinajstić information content (AvgIpc) is 2.59. The van der Waals surface area contributed by atoms with Gasteiger partial charge in [0.05, 0.1) is 5.60 Å². The number of carbonyl (C=O) groups is 1. The van der Waals surface area contributed by atoms with E-state index in [2.05, 4.69) is 30.8 Å². The molecule has 2 N–H and O–H groups in total. The van der Waals surface area contributed by atoms with E-state index in [9.17, 15) is 4.79 Å². The summed E-state index contributed by atoms with van der Waals surface area (Å²) in [4.78, 5) is 18.3. The number of ether oxygens (including phenoxy) is 1. The third-order valence-corrected chi connectivity index (χ3v) is 6.81. The van der Waals surface area contributed by atoms with Gasteiger partial charge in [0, 0.05) is 31.8 Å². The number of nitrogens with two attached hydrogens (primary N) is 1. The second-order valence-corrected chi connectivity index (χ2v) is 8.49. The van der Waals surface area contributed by atoms with Crippen LogP contribution in [0.5, 0.6) is 0 Å². The second-order valence-electron chi connectivity index (χ2n) is 8.49. The predicted molar refractivity (Wildman–Crippen MR) is 103 cm³/mol. The summed E-state index contributed by atoms with van der Waals surface area (Å²) in [7, 11) is 4.06. The van der Waals surface area contributed by atoms with E-state index in [4.69, 9.17) is 10.5 Å². The van der Waals surface area contributed by atoms with Crippen LogP contribution in [0.15, 0.2) is 18.3 Å². The normalized spacial score (nSPS) is 34.5. The molecular formula is C21H33N3O2. The summed E-state index contributed by atoms with van der Waals surface area (Å²) in [5, 5.41) is 0. The summed E-state index contributed by atoms with van der Waals surface area (Å²) in [5.74, 6) is 1.13. The van der Waals surface area contributed by atoms with Crippen molar-refractivity contribution < 1.29 is 9.53 Å². The molecule has 144 valence electrons. The lowest BCUT2D eigenvalue weighted by Crippen LogP contribution is -2.52. The Kier molecular flexibility index (Phi) is 5.68. The van der Waals surface area contributed by atoms with E-state index in [0.29, 0.717) is 23.6 Å². The summed E-state index contributed by atoms with van der Waals surface area (Å²) in [5.41, 5.74) is 6.44. The number of nitrogens with zero attached hydrogens (tertiary/aromatic N) is 2. The third-order valence-electron chi connectivity index (χ3n) is 6.81. The first-order valence-corrected chi connectivity index (χ1v) is 9.90. The minimum Gasteiger partial charge on any atom is -0.373 e. The maximum Gasteiger partial charge on any atom is 0.267 e. The molecule has 3 unspecified atom stereocenters. The van der Waals surface area contributed by atoms with Crippen molar-refractivity contribution in [2.24, 2.45) is 23.5 Å². The molecule has 5 heteroatoms. The Morgan fingerprint density at radius 2 is 2.12 bits per heavy atom. The van der Waals surface area contributed by atoms with Crippen LogP contribution in [0, 0.1) is 17.8 Å². The molecule has 0 spiro atoms. The molecule has 1 aromatic rings. The zero-order valence-corrected chi connectivity index (χ0v) is 16.6. The molecule has 0 bridgehead atoms. The van der Waals surface area contributed by atoms with Gasteiger partial charge in [-0.2, -0.15) is 0 Å². The molecule has 0 saturated heterocycles. The van der Waals surface area contributed by atoms with E-state index in [-0.39, 0.29) is 0 Å². The molecule has 3 atom stereocenters. The lowest BCUT2D eigenvalue weighted by atomic mass is 9.65. The van der Waals surface area contributed by atoms with Gasteiger partial charge in [0.2, 0.25) is 0 Å². The van der Waals surface area contributed by atoms with Crippen LogP contribution in [0.2, 0.25) is 0 Å². The van der Waals surface area contributed by atoms with Crippen LogP contribution in [0.25, 0.3) is 0 Å². The predicted octanol–water partition coefficient (Wildman–Crippen LogP) is 3.19. The molecule has 0 radical (unpaired) electrons. The minimum atomic E-state index is -0.487. The largest absolute Gasteiger partial charge is 0.373 e. The van der Waals surface area contributed by atoms with Gasteiger partial charge in [0.1, 0.15) is 5.69 Å². The number of amides is 1. The van der Waals surface area contributed by atoms with Crippen LogP contribution in [0.3, 0.4) is 0 Å². The molecule has 0 aromatic carbocycles. The monoisotopic (exact) mass is 359 g/mol. The highest BCUT2D eigenvalue weighted by molar-refractivity contribution is 5.90. The lowest BCUT2D eigenvalue weighted by Gasteiger charge is -2.51. The molecule has 5 nitrogen and oxygen atoms in total. The number of hydrogen-bond donors (Lipinski definition) is 1. The molecule has 2 aliphatic carbocycles. The number of aromatic nitrogens is 1. The van der Waals surface area contributed by atoms with Crippen LogP contribution >= 0.6 is 0 Å². The topological polar surface area (TPSA) is 68.5 Å². The highest BCUT2D eigenvalue weighted by atomic mass is 16.5. The first-order valence-electron chi connectivity index (χ1n) is 9.90. The standard InChI is InChI=1S/C21H33N3O2/c1-14-10-18(11-14)24(3)13-17-7-5-6-15(2)21(17,26-4)16-8-9-23-19(12-16)20(22)25/h8-9,12,14-15,17-18H,5-7,10-11,13H2,1-4H3,(H2,22,25). The van der Waals surface area contributed by atoms with E-state index < -0.39 is 11.5 Å². The van der Waals surface area contributed by atoms with Crippen molar-refractivity contribution in [3.63, 3.8) is 0 Å². The molecule has 2 fully saturated rings. The maximum absolute atomic E-state index is 11.6. The Morgan fingerprint density at radius 1 is 1.38 bits per heavy atom. The molecule has 1 heterocycles. The van der Waals surface area contributed by atoms with Gasteiger partial charge < -0.3 is 15.4 Å². The van der Waals surface area contributed by atoms with Crippen molar-refractivity contribution in [2.75, 3.05) is 20.7 Å². The number of rotatable bonds is 6. The average molecular weight is 360 g/mol. The Hall–Kier alpha value is -1.46. The fraction of sp³-hybridized carbons (Fsp3) is 0.714. The Bertz CT molecular complexity index is 644. The molecule has 3 rings (SSSR count). The van der Waals surface area contributed by atoms with Gasteiger partial charge in [0.25, 0.3) is 5.91 Å². The highest BCUT2D eigenvalue weighted by Gasteiger charge is 2.48. The Balaban J connectivity index is 1.91. The van der Waals surface area contributed by atoms with Crippen LogP contribution < -0.4 is 5.73 Å². The smallest absolute Gasteiger partial charge is 0.267 e. The van der Waals surface area contributed by atoms with Crippen LogP contribution in [0.1, 0.15) is 62.0 Å². The van der Waals surface area contributed by atoms with Crippen molar-refractivity contribution in [3.8, 4) is 0 Å². The van der Waals surface area contributed by atoms with Gasteiger partial charge in [-0.25, -0.2) is 0 Å². The molecule has 2 aliphatic rings. The molecule has 1 amide bonds. The first kappa shape index (κ1) is 19.3. The zero-order valence-electron chi connectivity index (χ0n) is 16.6. The zero-order chi connectivity index (χ0) is 18.9. The van der Waals surface area contributed by atoms with Crippen molar-refractivity contribution in [1.29, 1.82) is 0 Å². The lowest BCUT2D eigenvalue weighted by molar-refractivity contribution is -0.135. The van der Waals surface area contributed by atoms with Crippen LogP contribution in [-0.4, -0.2) is 42.5 Å². The molecular weight excluding hydrogens is 326 g/mol. The van der Waals surface area contributed by atoms with Gasteiger partial charge in [-0.15, -0.1) is 0 Å². The van der Waals surface area contributed by atoms with E-state index >= 15 is 0 Å². The van der Waals surface area contributed by atoms with E-state index in [0.717, 1.165) is 30.9 Å². The number of methoxy groups -OCH3 is 1. The Morgan fingerprint density at radius 3 is 2.73 bits per heavy atom. The number of pyridine rings is 1. The summed E-state index contributed by atoms with van der Waals surface area (Å²) < 4.78 is 6.27. The van der Waals surface area contributed by atoms with Crippen molar-refractivity contribution >= 4 is 5.91 Å². The van der Waals surface area contributed by atoms with Crippen LogP contribution in [0.4, 0.5) is 0 Å². The highest BCUT2D eigenvalue weighted by Crippen LogP contribution is 2.49. The van der Waals surface area contributed by atoms with Gasteiger partial charge in [0.15, 0.2) is 0 Å². The molecule has 1 aromatic heterocycles. The van der Waals surface area contributed by atoms with E-state index in [1.807, 2.05) is 19.2 Å². The van der Waals surface area contributed by atoms with Crippen molar-refractivity contribution in [2.45, 2.75) is 57.6 Å². The molecule has 0 aliphatic heterocycles. The minimum absolute atomic E-state index is 0.316. The van der Waals surface area contributed by atoms with Gasteiger partial charge in [-0.1, -0.05) is 20.3 Å². The van der Waals surface area contributed by atoms with E-state index in [1.165, 1.54) is 19.3 Å².